The van der Waals surface area contributed by atoms with Crippen LogP contribution in [0.4, 0.5) is 4.79 Å². The third kappa shape index (κ3) is 17.8. The van der Waals surface area contributed by atoms with E-state index in [9.17, 15) is 48.6 Å². The van der Waals surface area contributed by atoms with Gasteiger partial charge in [-0.1, -0.05) is 56.3 Å². The maximum Gasteiger partial charge on any atom is 0.408 e. The molecule has 0 aliphatic rings. The second kappa shape index (κ2) is 22.3. The van der Waals surface area contributed by atoms with Crippen molar-refractivity contribution in [1.82, 2.24) is 26.6 Å². The van der Waals surface area contributed by atoms with Crippen LogP contribution in [-0.2, 0) is 56.1 Å². The molecule has 0 unspecified atom stereocenters. The lowest BCUT2D eigenvalue weighted by Crippen LogP contribution is -2.60. The number of hydrogen-bond acceptors (Lipinski definition) is 11. The highest BCUT2D eigenvalue weighted by molar-refractivity contribution is 5.97. The number of benzene rings is 2. The number of carbonyl (C=O) groups is 8. The summed E-state index contributed by atoms with van der Waals surface area (Å²) in [4.78, 5) is 103. The Balaban J connectivity index is 2.35. The largest absolute Gasteiger partial charge is 0.508 e. The minimum Gasteiger partial charge on any atom is -0.508 e. The van der Waals surface area contributed by atoms with Gasteiger partial charge in [0.2, 0.25) is 35.4 Å². The van der Waals surface area contributed by atoms with Gasteiger partial charge in [-0.25, -0.2) is 9.59 Å². The molecule has 0 saturated carbocycles. The van der Waals surface area contributed by atoms with Crippen LogP contribution in [0, 0.1) is 5.92 Å². The topological polar surface area (TPSA) is 308 Å². The van der Waals surface area contributed by atoms with Crippen molar-refractivity contribution in [3.63, 3.8) is 0 Å². The molecule has 0 aliphatic heterocycles. The summed E-state index contributed by atoms with van der Waals surface area (Å²) in [6.45, 7) is 7.81. The molecule has 2 aromatic rings. The minimum absolute atomic E-state index is 0.0177. The smallest absolute Gasteiger partial charge is 0.408 e. The third-order valence-corrected chi connectivity index (χ3v) is 7.99. The molecule has 312 valence electrons. The molecule has 0 aromatic heterocycles. The number of carbonyl (C=O) groups excluding carboxylic acids is 7. The van der Waals surface area contributed by atoms with Crippen molar-refractivity contribution in [2.24, 2.45) is 17.4 Å². The first-order valence-electron chi connectivity index (χ1n) is 18.0. The average Bonchev–Trinajstić information content (AvgIpc) is 3.11. The van der Waals surface area contributed by atoms with Crippen molar-refractivity contribution < 1.29 is 58.0 Å². The molecule has 0 fully saturated rings. The number of hydrogen-bond donors (Lipinski definition) is 9. The summed E-state index contributed by atoms with van der Waals surface area (Å²) in [6, 6.07) is 6.83. The number of nitrogens with two attached hydrogens (primary N) is 2. The van der Waals surface area contributed by atoms with Gasteiger partial charge >= 0.3 is 12.1 Å². The van der Waals surface area contributed by atoms with Crippen LogP contribution in [-0.4, -0.2) is 100 Å². The van der Waals surface area contributed by atoms with Gasteiger partial charge in [-0.05, 0) is 56.4 Å². The van der Waals surface area contributed by atoms with Crippen molar-refractivity contribution in [1.29, 1.82) is 0 Å². The highest BCUT2D eigenvalue weighted by Gasteiger charge is 2.34. The van der Waals surface area contributed by atoms with Gasteiger partial charge in [0, 0.05) is 12.8 Å². The number of rotatable bonds is 22. The van der Waals surface area contributed by atoms with Crippen LogP contribution in [0.2, 0.25) is 0 Å². The molecule has 0 spiro atoms. The number of primary amides is 2. The van der Waals surface area contributed by atoms with Crippen LogP contribution in [0.3, 0.4) is 0 Å². The fraction of sp³-hybridized carbons (Fsp3) is 0.474. The summed E-state index contributed by atoms with van der Waals surface area (Å²) in [5.74, 6) is -7.87. The summed E-state index contributed by atoms with van der Waals surface area (Å²) in [7, 11) is 0. The molecule has 19 nitrogen and oxygen atoms in total. The second-order valence-corrected chi connectivity index (χ2v) is 14.5. The molecule has 0 saturated heterocycles. The van der Waals surface area contributed by atoms with E-state index in [-0.39, 0.29) is 18.8 Å². The van der Waals surface area contributed by atoms with Crippen LogP contribution in [0.25, 0.3) is 0 Å². The average molecular weight is 800 g/mol. The maximum atomic E-state index is 13.8. The van der Waals surface area contributed by atoms with Crippen molar-refractivity contribution in [3.8, 4) is 5.75 Å². The molecule has 2 rings (SSSR count). The Labute approximate surface area is 330 Å². The number of amides is 7. The zero-order valence-electron chi connectivity index (χ0n) is 32.5. The predicted molar refractivity (Wildman–Crippen MR) is 204 cm³/mol. The van der Waals surface area contributed by atoms with E-state index in [4.69, 9.17) is 20.9 Å². The van der Waals surface area contributed by atoms with Crippen molar-refractivity contribution in [2.45, 2.75) is 103 Å². The lowest BCUT2D eigenvalue weighted by molar-refractivity contribution is -0.142. The fourth-order valence-electron chi connectivity index (χ4n) is 5.13. The first-order chi connectivity index (χ1) is 26.6. The lowest BCUT2D eigenvalue weighted by atomic mass is 10.0. The number of carboxylic acids is 1. The molecular formula is C38H53N7O12. The van der Waals surface area contributed by atoms with E-state index in [1.165, 1.54) is 24.3 Å². The molecule has 7 amide bonds. The highest BCUT2D eigenvalue weighted by atomic mass is 16.6. The van der Waals surface area contributed by atoms with E-state index in [1.54, 1.807) is 65.0 Å². The van der Waals surface area contributed by atoms with Crippen LogP contribution in [0.5, 0.6) is 5.75 Å². The standard InChI is InChI=1S/C38H53N7O12/c1-21(2)31(45-37(55)57-38(3,4)5)35(52)44-28(20-56-19-23-9-7-6-8-10-23)34(51)41-25(15-16-29(39)47)32(49)42-26(18-30(40)48)33(50)43-27(36(53)54)17-22-11-13-24(46)14-12-22/h6-14,21,25-28,31,46H,15-20H2,1-5H3,(H2,39,47)(H2,40,48)(H,41,51)(H,42,49)(H,43,50)(H,44,52)(H,45,55)(H,53,54)/t25-,26-,27-,28-,31-/m0/s1. The van der Waals surface area contributed by atoms with Gasteiger partial charge in [-0.15, -0.1) is 0 Å². The van der Waals surface area contributed by atoms with Crippen molar-refractivity contribution >= 4 is 47.5 Å². The summed E-state index contributed by atoms with van der Waals surface area (Å²) >= 11 is 0. The summed E-state index contributed by atoms with van der Waals surface area (Å²) in [6.07, 6.45) is -2.75. The first kappa shape index (κ1) is 46.9. The number of aromatic hydroxyl groups is 1. The number of nitrogens with one attached hydrogen (secondary N) is 5. The van der Waals surface area contributed by atoms with Crippen LogP contribution in [0.15, 0.2) is 54.6 Å². The Morgan fingerprint density at radius 3 is 1.77 bits per heavy atom. The Kier molecular flexibility index (Phi) is 18.4. The number of ether oxygens (including phenoxy) is 2. The van der Waals surface area contributed by atoms with Gasteiger partial charge in [0.05, 0.1) is 19.6 Å². The number of aliphatic carboxylic acids is 1. The molecular weight excluding hydrogens is 746 g/mol. The Morgan fingerprint density at radius 2 is 1.23 bits per heavy atom. The maximum absolute atomic E-state index is 13.8. The quantitative estimate of drug-likeness (QED) is 0.0752. The van der Waals surface area contributed by atoms with E-state index in [2.05, 4.69) is 26.6 Å². The van der Waals surface area contributed by atoms with Gasteiger partial charge in [0.1, 0.15) is 41.6 Å². The summed E-state index contributed by atoms with van der Waals surface area (Å²) in [5, 5.41) is 31.3. The zero-order chi connectivity index (χ0) is 42.9. The second-order valence-electron chi connectivity index (χ2n) is 14.5. The molecule has 0 bridgehead atoms. The van der Waals surface area contributed by atoms with Gasteiger partial charge in [0.25, 0.3) is 0 Å². The molecule has 0 aliphatic carbocycles. The number of alkyl carbamates (subject to hydrolysis) is 1. The summed E-state index contributed by atoms with van der Waals surface area (Å²) in [5.41, 5.74) is 11.0. The molecule has 19 heteroatoms. The molecule has 0 heterocycles. The van der Waals surface area contributed by atoms with Crippen LogP contribution >= 0.6 is 0 Å². The molecule has 0 radical (unpaired) electrons. The Hall–Kier alpha value is -6.24. The van der Waals surface area contributed by atoms with E-state index < -0.39 is 115 Å². The first-order valence-corrected chi connectivity index (χ1v) is 18.0. The lowest BCUT2D eigenvalue weighted by Gasteiger charge is -2.28. The number of phenols is 1. The molecule has 11 N–H and O–H groups in total. The molecule has 5 atom stereocenters. The normalized spacial score (nSPS) is 13.8. The minimum atomic E-state index is -1.74. The van der Waals surface area contributed by atoms with E-state index in [0.29, 0.717) is 5.56 Å². The van der Waals surface area contributed by atoms with Gasteiger partial charge < -0.3 is 57.7 Å². The third-order valence-electron chi connectivity index (χ3n) is 7.99. The monoisotopic (exact) mass is 799 g/mol. The van der Waals surface area contributed by atoms with Crippen LogP contribution in [0.1, 0.15) is 65.0 Å². The number of phenolic OH excluding ortho intramolecular Hbond substituents is 1. The molecule has 57 heavy (non-hydrogen) atoms. The zero-order valence-corrected chi connectivity index (χ0v) is 32.5. The van der Waals surface area contributed by atoms with Gasteiger partial charge in [-0.3, -0.25) is 28.8 Å². The Bertz CT molecular complexity index is 1710. The van der Waals surface area contributed by atoms with E-state index >= 15 is 0 Å². The van der Waals surface area contributed by atoms with E-state index in [0.717, 1.165) is 5.56 Å². The highest BCUT2D eigenvalue weighted by Crippen LogP contribution is 2.13. The van der Waals surface area contributed by atoms with Crippen molar-refractivity contribution in [3.05, 3.63) is 65.7 Å². The summed E-state index contributed by atoms with van der Waals surface area (Å²) < 4.78 is 11.0. The Morgan fingerprint density at radius 1 is 0.684 bits per heavy atom. The number of carboxylic acid groups (broad SMARTS) is 1. The predicted octanol–water partition coefficient (Wildman–Crippen LogP) is -0.134. The van der Waals surface area contributed by atoms with Gasteiger partial charge in [0.15, 0.2) is 0 Å². The molecule has 2 aromatic carbocycles. The van der Waals surface area contributed by atoms with Crippen LogP contribution < -0.4 is 38.1 Å². The van der Waals surface area contributed by atoms with Gasteiger partial charge in [-0.2, -0.15) is 0 Å². The van der Waals surface area contributed by atoms with E-state index in [1.807, 2.05) is 0 Å². The fourth-order valence-corrected chi connectivity index (χ4v) is 5.13. The van der Waals surface area contributed by atoms with Crippen molar-refractivity contribution in [2.75, 3.05) is 6.61 Å². The SMILES string of the molecule is CC(C)[C@H](NC(=O)OC(C)(C)C)C(=O)N[C@@H](COCc1ccccc1)C(=O)N[C@@H](CCC(N)=O)C(=O)N[C@@H](CC(N)=O)C(=O)N[C@@H](Cc1ccc(O)cc1)C(=O)O.